The topological polar surface area (TPSA) is 130 Å². The lowest BCUT2D eigenvalue weighted by molar-refractivity contribution is -0.916. The molecule has 2 aliphatic heterocycles. The summed E-state index contributed by atoms with van der Waals surface area (Å²) >= 11 is 0. The van der Waals surface area contributed by atoms with E-state index in [4.69, 9.17) is 9.47 Å². The molecule has 0 aliphatic carbocycles. The van der Waals surface area contributed by atoms with Crippen LogP contribution < -0.4 is 22.3 Å². The maximum atomic E-state index is 15.2. The van der Waals surface area contributed by atoms with Gasteiger partial charge in [-0.2, -0.15) is 5.01 Å². The van der Waals surface area contributed by atoms with Crippen LogP contribution in [0.1, 0.15) is 26.3 Å². The van der Waals surface area contributed by atoms with Gasteiger partial charge in [0.05, 0.1) is 30.7 Å². The van der Waals surface area contributed by atoms with Crippen LogP contribution in [0.25, 0.3) is 5.69 Å². The Morgan fingerprint density at radius 2 is 1.86 bits per heavy atom. The van der Waals surface area contributed by atoms with Crippen LogP contribution in [-0.2, 0) is 15.1 Å². The highest BCUT2D eigenvalue weighted by atomic mass is 35.5. The fraction of sp³-hybridized carbons (Fsp3) is 0.393. The zero-order chi connectivity index (χ0) is 30.7. The summed E-state index contributed by atoms with van der Waals surface area (Å²) in [5, 5.41) is 24.8. The highest BCUT2D eigenvalue weighted by molar-refractivity contribution is 5.94. The highest BCUT2D eigenvalue weighted by Crippen LogP contribution is 2.33. The lowest BCUT2D eigenvalue weighted by atomic mass is 9.85. The van der Waals surface area contributed by atoms with Gasteiger partial charge in [0.1, 0.15) is 18.2 Å². The molecular weight excluding hydrogens is 602 g/mol. The van der Waals surface area contributed by atoms with Crippen molar-refractivity contribution in [1.29, 1.82) is 0 Å². The SMILES string of the molecule is CCOC(=O)OC(C)N1C=N[NH+](C[C@](O)(c2ccc(F)cc2F)[C@@H](C)N2CCN(c3ccc(-n4ccnn4)cc3)C2=O)C1.[Cl-]. The molecule has 3 heterocycles. The van der Waals surface area contributed by atoms with Crippen molar-refractivity contribution in [2.45, 2.75) is 38.6 Å². The van der Waals surface area contributed by atoms with E-state index in [0.717, 1.165) is 11.8 Å². The monoisotopic (exact) mass is 634 g/mol. The second-order valence-corrected chi connectivity index (χ2v) is 10.3. The van der Waals surface area contributed by atoms with Gasteiger partial charge in [0.2, 0.25) is 0 Å². The smallest absolute Gasteiger partial charge is 0.510 e. The molecule has 1 saturated heterocycles. The summed E-state index contributed by atoms with van der Waals surface area (Å²) in [6.45, 7) is 5.66. The minimum atomic E-state index is -1.98. The molecule has 16 heteroatoms. The van der Waals surface area contributed by atoms with Crippen LogP contribution in [0, 0.1) is 11.6 Å². The van der Waals surface area contributed by atoms with Crippen molar-refractivity contribution in [1.82, 2.24) is 24.8 Å². The van der Waals surface area contributed by atoms with Crippen LogP contribution in [0.5, 0.6) is 0 Å². The number of aliphatic hydroxyl groups is 1. The summed E-state index contributed by atoms with van der Waals surface area (Å²) in [5.41, 5.74) is -0.735. The third-order valence-corrected chi connectivity index (χ3v) is 7.67. The van der Waals surface area contributed by atoms with E-state index >= 15 is 4.39 Å². The van der Waals surface area contributed by atoms with Crippen molar-refractivity contribution in [3.8, 4) is 5.69 Å². The van der Waals surface area contributed by atoms with Gasteiger partial charge in [-0.1, -0.05) is 10.3 Å². The Balaban J connectivity index is 0.00000442. The number of nitrogens with one attached hydrogen (secondary N) is 1. The summed E-state index contributed by atoms with van der Waals surface area (Å²) < 4.78 is 40.7. The number of amides is 2. The zero-order valence-electron chi connectivity index (χ0n) is 24.3. The van der Waals surface area contributed by atoms with E-state index in [1.54, 1.807) is 71.9 Å². The molecule has 2 N–H and O–H groups in total. The predicted octanol–water partition coefficient (Wildman–Crippen LogP) is -1.31. The van der Waals surface area contributed by atoms with Crippen molar-refractivity contribution in [3.05, 3.63) is 72.1 Å². The number of carbonyl (C=O) groups excluding carboxylic acids is 2. The van der Waals surface area contributed by atoms with Gasteiger partial charge in [0.15, 0.2) is 24.8 Å². The average molecular weight is 635 g/mol. The van der Waals surface area contributed by atoms with Gasteiger partial charge >= 0.3 is 12.2 Å². The quantitative estimate of drug-likeness (QED) is 0.263. The number of nitrogens with zero attached hydrogens (tertiary/aromatic N) is 7. The van der Waals surface area contributed by atoms with E-state index < -0.39 is 35.7 Å². The molecule has 4 atom stereocenters. The molecule has 1 aromatic heterocycles. The van der Waals surface area contributed by atoms with Crippen molar-refractivity contribution < 1.29 is 50.4 Å². The first-order chi connectivity index (χ1) is 20.6. The molecule has 0 bridgehead atoms. The first kappa shape index (κ1) is 32.6. The first-order valence-corrected chi connectivity index (χ1v) is 13.8. The van der Waals surface area contributed by atoms with Gasteiger partial charge in [0, 0.05) is 30.4 Å². The van der Waals surface area contributed by atoms with E-state index in [9.17, 15) is 19.1 Å². The Bertz CT molecular complexity index is 1480. The molecule has 0 saturated carbocycles. The second-order valence-electron chi connectivity index (χ2n) is 10.3. The molecule has 44 heavy (non-hydrogen) atoms. The van der Waals surface area contributed by atoms with E-state index in [-0.39, 0.29) is 50.4 Å². The first-order valence-electron chi connectivity index (χ1n) is 13.8. The molecular formula is C28H33ClF2N8O5. The van der Waals surface area contributed by atoms with Crippen molar-refractivity contribution >= 4 is 24.2 Å². The van der Waals surface area contributed by atoms with Crippen LogP contribution >= 0.6 is 0 Å². The Kier molecular flexibility index (Phi) is 10.0. The van der Waals surface area contributed by atoms with Crippen LogP contribution in [0.2, 0.25) is 0 Å². The standard InChI is InChI=1S/C28H32F2N8O5.ClH/c1-4-42-27(40)43-20(3)34-17-32-35(18-34)16-28(41,24-10-5-21(29)15-25(24)30)19(2)36-13-14-37(26(36)39)22-6-8-23(9-7-22)38-12-11-31-33-38;/h5-12,15,17,19-20,41H,4,13-14,16,18H2,1-3H3;1H/t19-,20?,28-;/m1./s1. The van der Waals surface area contributed by atoms with Crippen LogP contribution in [0.4, 0.5) is 24.1 Å². The lowest BCUT2D eigenvalue weighted by Gasteiger charge is -2.39. The van der Waals surface area contributed by atoms with E-state index in [1.165, 1.54) is 17.3 Å². The summed E-state index contributed by atoms with van der Waals surface area (Å²) in [7, 11) is 0. The fourth-order valence-electron chi connectivity index (χ4n) is 5.29. The lowest BCUT2D eigenvalue weighted by Crippen LogP contribution is -3.09. The van der Waals surface area contributed by atoms with E-state index in [0.29, 0.717) is 23.3 Å². The summed E-state index contributed by atoms with van der Waals surface area (Å²) in [5.74, 6) is -1.74. The third kappa shape index (κ3) is 6.59. The van der Waals surface area contributed by atoms with Gasteiger partial charge in [-0.15, -0.1) is 5.10 Å². The summed E-state index contributed by atoms with van der Waals surface area (Å²) in [4.78, 5) is 30.1. The van der Waals surface area contributed by atoms with E-state index in [2.05, 4.69) is 15.4 Å². The number of hydrogen-bond acceptors (Lipinski definition) is 9. The van der Waals surface area contributed by atoms with E-state index in [1.807, 2.05) is 0 Å². The maximum Gasteiger partial charge on any atom is 0.510 e. The van der Waals surface area contributed by atoms with Crippen LogP contribution in [-0.4, -0.2) is 93.6 Å². The summed E-state index contributed by atoms with van der Waals surface area (Å²) in [6, 6.07) is 8.82. The second kappa shape index (κ2) is 13.5. The van der Waals surface area contributed by atoms with Crippen LogP contribution in [0.15, 0.2) is 60.0 Å². The number of carbonyl (C=O) groups is 2. The van der Waals surface area contributed by atoms with Crippen molar-refractivity contribution in [2.24, 2.45) is 5.10 Å². The van der Waals surface area contributed by atoms with Crippen LogP contribution in [0.3, 0.4) is 0 Å². The Morgan fingerprint density at radius 3 is 2.52 bits per heavy atom. The average Bonchev–Trinajstić information content (AvgIpc) is 3.75. The molecule has 2 aromatic carbocycles. The minimum absolute atomic E-state index is 0. The molecule has 236 valence electrons. The van der Waals surface area contributed by atoms with Crippen molar-refractivity contribution in [2.75, 3.05) is 37.8 Å². The maximum absolute atomic E-state index is 15.2. The Hall–Kier alpha value is -4.34. The molecule has 5 rings (SSSR count). The number of anilines is 1. The summed E-state index contributed by atoms with van der Waals surface area (Å²) in [6.07, 6.45) is 3.16. The zero-order valence-corrected chi connectivity index (χ0v) is 25.1. The molecule has 3 aromatic rings. The molecule has 1 fully saturated rings. The molecule has 2 aliphatic rings. The van der Waals surface area contributed by atoms with Gasteiger partial charge in [-0.05, 0) is 57.2 Å². The largest absolute Gasteiger partial charge is 1.00 e. The molecule has 2 unspecified atom stereocenters. The third-order valence-electron chi connectivity index (χ3n) is 7.67. The molecule has 2 amide bonds. The number of hydrogen-bond donors (Lipinski definition) is 2. The number of rotatable bonds is 10. The predicted molar refractivity (Wildman–Crippen MR) is 149 cm³/mol. The Morgan fingerprint density at radius 1 is 1.14 bits per heavy atom. The molecule has 13 nitrogen and oxygen atoms in total. The normalized spacial score (nSPS) is 19.0. The minimum Gasteiger partial charge on any atom is -1.00 e. The Labute approximate surface area is 258 Å². The van der Waals surface area contributed by atoms with Gasteiger partial charge in [-0.25, -0.2) is 23.1 Å². The fourth-order valence-corrected chi connectivity index (χ4v) is 5.29. The molecule has 0 radical (unpaired) electrons. The number of ether oxygens (including phenoxy) is 2. The number of urea groups is 1. The van der Waals surface area contributed by atoms with Crippen molar-refractivity contribution in [3.63, 3.8) is 0 Å². The number of benzene rings is 2. The molecule has 0 spiro atoms. The number of quaternary nitrogens is 1. The number of aromatic nitrogens is 3. The van der Waals surface area contributed by atoms with Gasteiger partial charge < -0.3 is 31.9 Å². The number of halogens is 3. The highest BCUT2D eigenvalue weighted by Gasteiger charge is 2.49. The van der Waals surface area contributed by atoms with Gasteiger partial charge in [0.25, 0.3) is 0 Å². The van der Waals surface area contributed by atoms with Gasteiger partial charge in [-0.3, -0.25) is 9.80 Å².